The molecule has 0 aromatic rings. The second kappa shape index (κ2) is 5.27. The lowest BCUT2D eigenvalue weighted by Gasteiger charge is -2.17. The van der Waals surface area contributed by atoms with Crippen LogP contribution in [0, 0.1) is 17.2 Å². The van der Waals surface area contributed by atoms with E-state index in [9.17, 15) is 13.2 Å². The summed E-state index contributed by atoms with van der Waals surface area (Å²) in [5, 5.41) is 7.55. The van der Waals surface area contributed by atoms with Gasteiger partial charge in [-0.2, -0.15) is 5.26 Å². The van der Waals surface area contributed by atoms with E-state index in [-0.39, 0.29) is 6.54 Å². The van der Waals surface area contributed by atoms with Gasteiger partial charge in [0.2, 0.25) is 10.0 Å². The zero-order valence-corrected chi connectivity index (χ0v) is 9.79. The Morgan fingerprint density at radius 2 is 2.25 bits per heavy atom. The molecule has 16 heavy (non-hydrogen) atoms. The van der Waals surface area contributed by atoms with Crippen LogP contribution in [-0.4, -0.2) is 33.3 Å². The first-order valence-electron chi connectivity index (χ1n) is 4.96. The Morgan fingerprint density at radius 1 is 1.56 bits per heavy atom. The summed E-state index contributed by atoms with van der Waals surface area (Å²) in [6, 6.07) is 1.70. The smallest absolute Gasteiger partial charge is 0.310 e. The van der Waals surface area contributed by atoms with Crippen LogP contribution in [0.5, 0.6) is 0 Å². The van der Waals surface area contributed by atoms with Crippen LogP contribution in [0.2, 0.25) is 0 Å². The van der Waals surface area contributed by atoms with Gasteiger partial charge in [0.1, 0.15) is 0 Å². The molecule has 6 nitrogen and oxygen atoms in total. The number of hydrogen-bond acceptors (Lipinski definition) is 5. The lowest BCUT2D eigenvalue weighted by atomic mass is 10.1. The second-order valence-corrected chi connectivity index (χ2v) is 5.61. The van der Waals surface area contributed by atoms with Gasteiger partial charge in [-0.1, -0.05) is 6.42 Å². The zero-order valence-electron chi connectivity index (χ0n) is 8.97. The van der Waals surface area contributed by atoms with Crippen molar-refractivity contribution in [1.29, 1.82) is 5.26 Å². The van der Waals surface area contributed by atoms with Gasteiger partial charge in [-0.05, 0) is 12.8 Å². The Labute approximate surface area is 94.6 Å². The summed E-state index contributed by atoms with van der Waals surface area (Å²) in [6.45, 7) is -0.271. The molecule has 1 fully saturated rings. The van der Waals surface area contributed by atoms with Crippen molar-refractivity contribution in [2.24, 2.45) is 5.92 Å². The minimum atomic E-state index is -3.60. The summed E-state index contributed by atoms with van der Waals surface area (Å²) >= 11 is 0. The van der Waals surface area contributed by atoms with Crippen molar-refractivity contribution in [3.8, 4) is 6.07 Å². The van der Waals surface area contributed by atoms with Crippen LogP contribution in [0.25, 0.3) is 0 Å². The summed E-state index contributed by atoms with van der Waals surface area (Å²) in [5.41, 5.74) is 0. The maximum atomic E-state index is 11.8. The van der Waals surface area contributed by atoms with Crippen molar-refractivity contribution in [1.82, 2.24) is 4.72 Å². The van der Waals surface area contributed by atoms with Crippen molar-refractivity contribution in [3.63, 3.8) is 0 Å². The molecular formula is C9H14N2O4S. The van der Waals surface area contributed by atoms with Gasteiger partial charge < -0.3 is 4.74 Å². The Bertz CT molecular complexity index is 398. The number of hydrogen-bond donors (Lipinski definition) is 1. The van der Waals surface area contributed by atoms with E-state index in [4.69, 9.17) is 5.26 Å². The fourth-order valence-corrected chi connectivity index (χ4v) is 3.59. The third-order valence-electron chi connectivity index (χ3n) is 2.71. The first-order valence-corrected chi connectivity index (χ1v) is 6.51. The molecular weight excluding hydrogens is 232 g/mol. The van der Waals surface area contributed by atoms with E-state index in [0.717, 1.165) is 0 Å². The molecule has 1 N–H and O–H groups in total. The maximum Gasteiger partial charge on any atom is 0.310 e. The first kappa shape index (κ1) is 12.9. The molecule has 0 aromatic heterocycles. The molecule has 0 amide bonds. The number of carbonyl (C=O) groups excluding carboxylic acids is 1. The van der Waals surface area contributed by atoms with Crippen LogP contribution in [0.3, 0.4) is 0 Å². The number of rotatable bonds is 4. The third kappa shape index (κ3) is 2.71. The van der Waals surface area contributed by atoms with Crippen LogP contribution in [0.15, 0.2) is 0 Å². The standard InChI is InChI=1S/C9H14N2O4S/c1-15-9(12)7-3-2-4-8(7)16(13,14)11-6-5-10/h7-8,11H,2-4,6H2,1H3. The van der Waals surface area contributed by atoms with Crippen LogP contribution in [0.4, 0.5) is 0 Å². The lowest BCUT2D eigenvalue weighted by Crippen LogP contribution is -2.39. The monoisotopic (exact) mass is 246 g/mol. The molecule has 0 heterocycles. The molecule has 90 valence electrons. The number of sulfonamides is 1. The second-order valence-electron chi connectivity index (χ2n) is 3.62. The van der Waals surface area contributed by atoms with Gasteiger partial charge in [0.25, 0.3) is 0 Å². The van der Waals surface area contributed by atoms with Crippen molar-refractivity contribution in [3.05, 3.63) is 0 Å². The lowest BCUT2D eigenvalue weighted by molar-refractivity contribution is -0.145. The normalized spacial score (nSPS) is 25.0. The van der Waals surface area contributed by atoms with Crippen LogP contribution < -0.4 is 4.72 Å². The van der Waals surface area contributed by atoms with Crippen molar-refractivity contribution in [2.45, 2.75) is 24.5 Å². The van der Waals surface area contributed by atoms with Crippen molar-refractivity contribution >= 4 is 16.0 Å². The van der Waals surface area contributed by atoms with Gasteiger partial charge in [0.15, 0.2) is 0 Å². The average Bonchev–Trinajstić information content (AvgIpc) is 2.75. The highest BCUT2D eigenvalue weighted by atomic mass is 32.2. The molecule has 1 rings (SSSR count). The van der Waals surface area contributed by atoms with Gasteiger partial charge in [-0.15, -0.1) is 0 Å². The fraction of sp³-hybridized carbons (Fsp3) is 0.778. The summed E-state index contributed by atoms with van der Waals surface area (Å²) in [7, 11) is -2.36. The average molecular weight is 246 g/mol. The molecule has 0 bridgehead atoms. The number of carbonyl (C=O) groups is 1. The number of nitrogens with one attached hydrogen (secondary N) is 1. The molecule has 0 aliphatic heterocycles. The van der Waals surface area contributed by atoms with E-state index in [0.29, 0.717) is 19.3 Å². The Hall–Kier alpha value is -1.13. The number of ether oxygens (including phenoxy) is 1. The van der Waals surface area contributed by atoms with Gasteiger partial charge in [-0.25, -0.2) is 13.1 Å². The molecule has 0 saturated heterocycles. The number of esters is 1. The van der Waals surface area contributed by atoms with E-state index in [1.807, 2.05) is 0 Å². The van der Waals surface area contributed by atoms with Crippen molar-refractivity contribution < 1.29 is 17.9 Å². The molecule has 0 aromatic carbocycles. The fourth-order valence-electron chi connectivity index (χ4n) is 1.96. The van der Waals surface area contributed by atoms with Crippen molar-refractivity contribution in [2.75, 3.05) is 13.7 Å². The maximum absolute atomic E-state index is 11.8. The minimum absolute atomic E-state index is 0.271. The van der Waals surface area contributed by atoms with Crippen LogP contribution >= 0.6 is 0 Å². The molecule has 0 radical (unpaired) electrons. The molecule has 0 spiro atoms. The van der Waals surface area contributed by atoms with E-state index >= 15 is 0 Å². The largest absolute Gasteiger partial charge is 0.469 e. The molecule has 2 atom stereocenters. The van der Waals surface area contributed by atoms with Crippen LogP contribution in [0.1, 0.15) is 19.3 Å². The summed E-state index contributed by atoms with van der Waals surface area (Å²) in [5.74, 6) is -1.11. The van der Waals surface area contributed by atoms with Crippen LogP contribution in [-0.2, 0) is 19.6 Å². The molecule has 1 aliphatic carbocycles. The predicted molar refractivity (Wildman–Crippen MR) is 55.7 cm³/mol. The summed E-state index contributed by atoms with van der Waals surface area (Å²) in [4.78, 5) is 11.4. The van der Waals surface area contributed by atoms with Gasteiger partial charge in [-0.3, -0.25) is 4.79 Å². The topological polar surface area (TPSA) is 96.3 Å². The van der Waals surface area contributed by atoms with E-state index in [2.05, 4.69) is 9.46 Å². The first-order chi connectivity index (χ1) is 7.53. The van der Waals surface area contributed by atoms with E-state index in [1.165, 1.54) is 7.11 Å². The summed E-state index contributed by atoms with van der Waals surface area (Å²) < 4.78 is 30.2. The van der Waals surface area contributed by atoms with E-state index in [1.54, 1.807) is 6.07 Å². The molecule has 1 saturated carbocycles. The number of nitriles is 1. The van der Waals surface area contributed by atoms with Gasteiger partial charge >= 0.3 is 5.97 Å². The highest BCUT2D eigenvalue weighted by Crippen LogP contribution is 2.31. The highest BCUT2D eigenvalue weighted by molar-refractivity contribution is 7.90. The van der Waals surface area contributed by atoms with Gasteiger partial charge in [0.05, 0.1) is 30.9 Å². The predicted octanol–water partition coefficient (Wildman–Crippen LogP) is -0.229. The van der Waals surface area contributed by atoms with E-state index < -0.39 is 27.2 Å². The number of methoxy groups -OCH3 is 1. The highest BCUT2D eigenvalue weighted by Gasteiger charge is 2.41. The summed E-state index contributed by atoms with van der Waals surface area (Å²) in [6.07, 6.45) is 1.63. The molecule has 1 aliphatic rings. The number of nitrogens with zero attached hydrogens (tertiary/aromatic N) is 1. The SMILES string of the molecule is COC(=O)C1CCCC1S(=O)(=O)NCC#N. The quantitative estimate of drug-likeness (QED) is 0.546. The zero-order chi connectivity index (χ0) is 12.2. The van der Waals surface area contributed by atoms with Gasteiger partial charge in [0, 0.05) is 0 Å². The Morgan fingerprint density at radius 3 is 2.81 bits per heavy atom. The molecule has 2 unspecified atom stereocenters. The Balaban J connectivity index is 2.79. The molecule has 7 heteroatoms. The minimum Gasteiger partial charge on any atom is -0.469 e. The Kier molecular flexibility index (Phi) is 4.26. The third-order valence-corrected chi connectivity index (χ3v) is 4.62.